The van der Waals surface area contributed by atoms with Gasteiger partial charge in [-0.25, -0.2) is 5.06 Å². The number of rotatable bonds is 5. The molecule has 0 unspecified atom stereocenters. The predicted molar refractivity (Wildman–Crippen MR) is 115 cm³/mol. The molecule has 3 aromatic carbocycles. The molecule has 2 heterocycles. The van der Waals surface area contributed by atoms with Crippen molar-refractivity contribution in [3.05, 3.63) is 96.1 Å². The number of para-hydroxylation sites is 1. The number of hydrogen-bond acceptors (Lipinski definition) is 5. The van der Waals surface area contributed by atoms with Crippen molar-refractivity contribution in [2.75, 3.05) is 12.2 Å². The molecule has 6 heteroatoms. The molecule has 2 fully saturated rings. The number of nitrogens with zero attached hydrogens (tertiary/aromatic N) is 2. The van der Waals surface area contributed by atoms with E-state index in [1.807, 2.05) is 84.9 Å². The van der Waals surface area contributed by atoms with E-state index in [1.54, 1.807) is 12.2 Å². The minimum absolute atomic E-state index is 0.210. The lowest BCUT2D eigenvalue weighted by atomic mass is 9.90. The van der Waals surface area contributed by atoms with E-state index in [1.165, 1.54) is 4.90 Å². The van der Waals surface area contributed by atoms with E-state index < -0.39 is 18.1 Å². The van der Waals surface area contributed by atoms with Crippen LogP contribution in [-0.4, -0.2) is 29.9 Å². The summed E-state index contributed by atoms with van der Waals surface area (Å²) in [6.07, 6.45) is -0.844. The average Bonchev–Trinajstić information content (AvgIpc) is 3.32. The molecule has 0 N–H and O–H groups in total. The van der Waals surface area contributed by atoms with Crippen LogP contribution in [0.25, 0.3) is 0 Å². The Hall–Kier alpha value is -3.64. The van der Waals surface area contributed by atoms with Crippen LogP contribution in [0, 0.1) is 5.92 Å². The number of methoxy groups -OCH3 is 1. The molecule has 0 radical (unpaired) electrons. The second-order valence-electron chi connectivity index (χ2n) is 7.68. The minimum atomic E-state index is -0.844. The predicted octanol–water partition coefficient (Wildman–Crippen LogP) is 3.74. The highest BCUT2D eigenvalue weighted by Gasteiger charge is 2.59. The number of anilines is 1. The molecular formula is C25H22N2O4. The van der Waals surface area contributed by atoms with Crippen molar-refractivity contribution >= 4 is 17.5 Å². The van der Waals surface area contributed by atoms with Crippen molar-refractivity contribution in [3.63, 3.8) is 0 Å². The fourth-order valence-corrected chi connectivity index (χ4v) is 4.33. The molecular weight excluding hydrogens is 392 g/mol. The highest BCUT2D eigenvalue weighted by Crippen LogP contribution is 2.47. The van der Waals surface area contributed by atoms with Crippen LogP contribution in [0.1, 0.15) is 17.2 Å². The molecule has 6 nitrogen and oxygen atoms in total. The second-order valence-corrected chi connectivity index (χ2v) is 7.68. The Kier molecular flexibility index (Phi) is 4.92. The van der Waals surface area contributed by atoms with Crippen LogP contribution in [0.5, 0.6) is 5.75 Å². The maximum absolute atomic E-state index is 13.5. The van der Waals surface area contributed by atoms with Crippen molar-refractivity contribution < 1.29 is 19.2 Å². The third kappa shape index (κ3) is 3.35. The molecule has 156 valence electrons. The molecule has 31 heavy (non-hydrogen) atoms. The number of imide groups is 1. The molecule has 2 amide bonds. The first-order chi connectivity index (χ1) is 15.2. The van der Waals surface area contributed by atoms with E-state index >= 15 is 0 Å². The zero-order valence-electron chi connectivity index (χ0n) is 17.0. The van der Waals surface area contributed by atoms with E-state index in [0.717, 1.165) is 22.6 Å². The molecule has 0 saturated carbocycles. The molecule has 0 aromatic heterocycles. The van der Waals surface area contributed by atoms with Crippen molar-refractivity contribution in [3.8, 4) is 5.75 Å². The van der Waals surface area contributed by atoms with Gasteiger partial charge in [0, 0.05) is 0 Å². The van der Waals surface area contributed by atoms with Crippen LogP contribution in [0.15, 0.2) is 84.9 Å². The third-order valence-corrected chi connectivity index (χ3v) is 5.86. The average molecular weight is 414 g/mol. The number of benzene rings is 3. The number of hydrogen-bond donors (Lipinski definition) is 0. The maximum Gasteiger partial charge on any atom is 0.262 e. The van der Waals surface area contributed by atoms with Crippen LogP contribution >= 0.6 is 0 Å². The lowest BCUT2D eigenvalue weighted by Gasteiger charge is -2.28. The van der Waals surface area contributed by atoms with Gasteiger partial charge in [0.25, 0.3) is 5.91 Å². The van der Waals surface area contributed by atoms with Gasteiger partial charge in [0.15, 0.2) is 6.10 Å². The number of likely N-dealkylation sites (tertiary alicyclic amines) is 1. The molecule has 5 rings (SSSR count). The third-order valence-electron chi connectivity index (χ3n) is 5.86. The van der Waals surface area contributed by atoms with Crippen molar-refractivity contribution in [2.45, 2.75) is 18.7 Å². The zero-order valence-corrected chi connectivity index (χ0v) is 17.0. The number of amides is 2. The standard InChI is InChI=1S/C25H22N2O4/c1-30-20-14-12-18(13-15-20)22-21-23(31-27(22)19-10-6-3-7-11-19)25(29)26(24(21)28)16-17-8-4-2-5-9-17/h2-15,21-23H,16H2,1H3/t21-,22+,23-/m0/s1. The van der Waals surface area contributed by atoms with Crippen LogP contribution < -0.4 is 9.80 Å². The smallest absolute Gasteiger partial charge is 0.262 e. The number of fused-ring (bicyclic) bond motifs is 1. The quantitative estimate of drug-likeness (QED) is 0.596. The summed E-state index contributed by atoms with van der Waals surface area (Å²) in [6.45, 7) is 0.246. The maximum atomic E-state index is 13.5. The Morgan fingerprint density at radius 2 is 1.48 bits per heavy atom. The minimum Gasteiger partial charge on any atom is -0.497 e. The number of carbonyl (C=O) groups is 2. The molecule has 2 aliphatic heterocycles. The lowest BCUT2D eigenvalue weighted by Crippen LogP contribution is -2.36. The topological polar surface area (TPSA) is 59.1 Å². The lowest BCUT2D eigenvalue weighted by molar-refractivity contribution is -0.143. The number of hydroxylamine groups is 1. The summed E-state index contributed by atoms with van der Waals surface area (Å²) in [5, 5.41) is 1.70. The van der Waals surface area contributed by atoms with Crippen molar-refractivity contribution in [2.24, 2.45) is 5.92 Å². The van der Waals surface area contributed by atoms with Crippen molar-refractivity contribution in [1.82, 2.24) is 4.90 Å². The zero-order chi connectivity index (χ0) is 21.4. The van der Waals surface area contributed by atoms with Gasteiger partial charge in [-0.2, -0.15) is 0 Å². The number of ether oxygens (including phenoxy) is 1. The summed E-state index contributed by atoms with van der Waals surface area (Å²) < 4.78 is 5.28. The van der Waals surface area contributed by atoms with E-state index in [4.69, 9.17) is 9.57 Å². The normalized spacial score (nSPS) is 22.7. The summed E-state index contributed by atoms with van der Waals surface area (Å²) in [5.74, 6) is -0.399. The van der Waals surface area contributed by atoms with Gasteiger partial charge in [0.1, 0.15) is 11.7 Å². The van der Waals surface area contributed by atoms with Crippen LogP contribution in [0.4, 0.5) is 5.69 Å². The fraction of sp³-hybridized carbons (Fsp3) is 0.200. The summed E-state index contributed by atoms with van der Waals surface area (Å²) in [6, 6.07) is 26.2. The summed E-state index contributed by atoms with van der Waals surface area (Å²) in [4.78, 5) is 34.1. The SMILES string of the molecule is COc1ccc([C@@H]2[C@@H]3C(=O)N(Cc4ccccc4)C(=O)[C@H]3ON2c2ccccc2)cc1. The van der Waals surface area contributed by atoms with E-state index in [9.17, 15) is 9.59 Å². The monoisotopic (exact) mass is 414 g/mol. The molecule has 3 aromatic rings. The van der Waals surface area contributed by atoms with E-state index in [2.05, 4.69) is 0 Å². The molecule has 2 saturated heterocycles. The largest absolute Gasteiger partial charge is 0.497 e. The van der Waals surface area contributed by atoms with Gasteiger partial charge in [-0.1, -0.05) is 60.7 Å². The summed E-state index contributed by atoms with van der Waals surface area (Å²) >= 11 is 0. The van der Waals surface area contributed by atoms with Gasteiger partial charge in [-0.05, 0) is 35.4 Å². The molecule has 2 aliphatic rings. The van der Waals surface area contributed by atoms with Gasteiger partial charge in [-0.3, -0.25) is 19.3 Å². The molecule has 0 bridgehead atoms. The van der Waals surface area contributed by atoms with Gasteiger partial charge < -0.3 is 4.74 Å². The fourth-order valence-electron chi connectivity index (χ4n) is 4.33. The van der Waals surface area contributed by atoms with E-state index in [-0.39, 0.29) is 18.4 Å². The first kappa shape index (κ1) is 19.3. The number of carbonyl (C=O) groups excluding carboxylic acids is 2. The highest BCUT2D eigenvalue weighted by molar-refractivity contribution is 6.07. The Morgan fingerprint density at radius 1 is 0.839 bits per heavy atom. The van der Waals surface area contributed by atoms with Gasteiger partial charge in [-0.15, -0.1) is 0 Å². The van der Waals surface area contributed by atoms with Crippen molar-refractivity contribution in [1.29, 1.82) is 0 Å². The van der Waals surface area contributed by atoms with Gasteiger partial charge in [0.2, 0.25) is 5.91 Å². The summed E-state index contributed by atoms with van der Waals surface area (Å²) in [7, 11) is 1.61. The highest BCUT2D eigenvalue weighted by atomic mass is 16.7. The van der Waals surface area contributed by atoms with E-state index in [0.29, 0.717) is 0 Å². The van der Waals surface area contributed by atoms with Crippen LogP contribution in [0.2, 0.25) is 0 Å². The molecule has 0 aliphatic carbocycles. The first-order valence-electron chi connectivity index (χ1n) is 10.2. The summed E-state index contributed by atoms with van der Waals surface area (Å²) in [5.41, 5.74) is 2.60. The Labute approximate surface area is 180 Å². The Morgan fingerprint density at radius 3 is 2.13 bits per heavy atom. The van der Waals surface area contributed by atoms with Crippen LogP contribution in [0.3, 0.4) is 0 Å². The molecule has 0 spiro atoms. The first-order valence-corrected chi connectivity index (χ1v) is 10.2. The Balaban J connectivity index is 1.52. The van der Waals surface area contributed by atoms with Crippen LogP contribution in [-0.2, 0) is 21.0 Å². The van der Waals surface area contributed by atoms with Gasteiger partial charge in [0.05, 0.1) is 25.4 Å². The van der Waals surface area contributed by atoms with Gasteiger partial charge >= 0.3 is 0 Å². The molecule has 3 atom stereocenters. The Bertz CT molecular complexity index is 1090. The second kappa shape index (κ2) is 7.89.